The monoisotopic (exact) mass is 630 g/mol. The zero-order chi connectivity index (χ0) is 31.8. The van der Waals surface area contributed by atoms with Gasteiger partial charge in [-0.2, -0.15) is 0 Å². The molecule has 2 heterocycles. The van der Waals surface area contributed by atoms with Crippen molar-refractivity contribution < 1.29 is 24.1 Å². The van der Waals surface area contributed by atoms with Crippen LogP contribution in [0.4, 0.5) is 0 Å². The number of ether oxygens (including phenoxy) is 3. The van der Waals surface area contributed by atoms with Gasteiger partial charge in [-0.15, -0.1) is 0 Å². The van der Waals surface area contributed by atoms with Crippen LogP contribution in [0.15, 0.2) is 106 Å². The fraction of sp³-hybridized carbons (Fsp3) is 0.162. The van der Waals surface area contributed by atoms with Crippen LogP contribution in [0.3, 0.4) is 0 Å². The van der Waals surface area contributed by atoms with Crippen molar-refractivity contribution in [3.05, 3.63) is 150 Å². The maximum atomic E-state index is 14.1. The number of aryl methyl sites for hydroxylation is 1. The normalized spacial score (nSPS) is 15.3. The summed E-state index contributed by atoms with van der Waals surface area (Å²) in [5.41, 5.74) is 7.08. The molecular formula is C37H30N2O6S. The molecular weight excluding hydrogens is 600 g/mol. The molecule has 0 spiro atoms. The summed E-state index contributed by atoms with van der Waals surface area (Å²) in [6, 6.07) is 28.1. The number of hydrogen-bond donors (Lipinski definition) is 1. The number of methoxy groups -OCH3 is 2. The molecule has 0 fully saturated rings. The number of carbonyl (C=O) groups is 1. The van der Waals surface area contributed by atoms with Crippen molar-refractivity contribution in [2.75, 3.05) is 14.2 Å². The van der Waals surface area contributed by atoms with E-state index >= 15 is 0 Å². The molecule has 2 aliphatic rings. The van der Waals surface area contributed by atoms with Gasteiger partial charge in [-0.05, 0) is 83.1 Å². The molecule has 46 heavy (non-hydrogen) atoms. The second kappa shape index (κ2) is 12.2. The summed E-state index contributed by atoms with van der Waals surface area (Å²) in [6.07, 6.45) is 3.56. The van der Waals surface area contributed by atoms with Crippen LogP contribution in [0.25, 0.3) is 11.8 Å². The summed E-state index contributed by atoms with van der Waals surface area (Å²) in [5.74, 6) is 0.774. The van der Waals surface area contributed by atoms with E-state index in [1.165, 1.54) is 16.9 Å². The molecule has 0 radical (unpaired) electrons. The number of allylic oxidation sites excluding steroid dienone is 1. The second-order valence-corrected chi connectivity index (χ2v) is 12.1. The molecule has 1 aliphatic carbocycles. The van der Waals surface area contributed by atoms with E-state index in [0.717, 1.165) is 52.1 Å². The highest BCUT2D eigenvalue weighted by atomic mass is 32.1. The van der Waals surface area contributed by atoms with E-state index in [1.54, 1.807) is 38.5 Å². The third-order valence-electron chi connectivity index (χ3n) is 8.36. The quantitative estimate of drug-likeness (QED) is 0.239. The van der Waals surface area contributed by atoms with E-state index in [2.05, 4.69) is 18.2 Å². The van der Waals surface area contributed by atoms with Crippen LogP contribution in [-0.4, -0.2) is 29.9 Å². The van der Waals surface area contributed by atoms with Crippen LogP contribution in [-0.2, 0) is 13.0 Å². The number of aromatic carboxylic acids is 1. The summed E-state index contributed by atoms with van der Waals surface area (Å²) in [7, 11) is 3.20. The van der Waals surface area contributed by atoms with E-state index < -0.39 is 5.97 Å². The maximum absolute atomic E-state index is 14.1. The van der Waals surface area contributed by atoms with Crippen LogP contribution in [0, 0.1) is 0 Å². The maximum Gasteiger partial charge on any atom is 0.335 e. The number of carboxylic acid groups (broad SMARTS) is 1. The van der Waals surface area contributed by atoms with Crippen LogP contribution in [0.1, 0.15) is 50.6 Å². The molecule has 1 aliphatic heterocycles. The van der Waals surface area contributed by atoms with E-state index in [1.807, 2.05) is 59.2 Å². The Bertz CT molecular complexity index is 2200. The molecule has 1 aromatic heterocycles. The molecule has 0 saturated heterocycles. The SMILES string of the molecule is COc1ccc([C@H]2C3=C(N=c4s/c(=C\c5ccc(OCc6cccc(C(=O)O)c6)c(OC)c5)c(=O)n42)c2ccccc2CC3)cc1. The average molecular weight is 631 g/mol. The van der Waals surface area contributed by atoms with Crippen molar-refractivity contribution in [3.63, 3.8) is 0 Å². The molecule has 0 amide bonds. The highest BCUT2D eigenvalue weighted by Gasteiger charge is 2.32. The van der Waals surface area contributed by atoms with Gasteiger partial charge in [0.2, 0.25) is 0 Å². The Morgan fingerprint density at radius 1 is 0.957 bits per heavy atom. The van der Waals surface area contributed by atoms with E-state index in [-0.39, 0.29) is 23.8 Å². The third kappa shape index (κ3) is 5.39. The topological polar surface area (TPSA) is 99.4 Å². The van der Waals surface area contributed by atoms with E-state index in [4.69, 9.17) is 19.2 Å². The predicted molar refractivity (Wildman–Crippen MR) is 176 cm³/mol. The lowest BCUT2D eigenvalue weighted by molar-refractivity contribution is 0.0696. The fourth-order valence-corrected chi connectivity index (χ4v) is 7.11. The zero-order valence-electron chi connectivity index (χ0n) is 25.2. The minimum Gasteiger partial charge on any atom is -0.497 e. The number of fused-ring (bicyclic) bond motifs is 3. The highest BCUT2D eigenvalue weighted by molar-refractivity contribution is 7.07. The average Bonchev–Trinajstić information content (AvgIpc) is 3.40. The Kier molecular flexibility index (Phi) is 7.76. The summed E-state index contributed by atoms with van der Waals surface area (Å²) in [4.78, 5) is 31.2. The Hall–Kier alpha value is -5.41. The first kappa shape index (κ1) is 29.3. The lowest BCUT2D eigenvalue weighted by Gasteiger charge is -2.30. The molecule has 0 unspecified atom stereocenters. The summed E-state index contributed by atoms with van der Waals surface area (Å²) in [5, 5.41) is 9.29. The zero-order valence-corrected chi connectivity index (χ0v) is 26.0. The number of benzene rings is 4. The molecule has 4 aromatic carbocycles. The predicted octanol–water partition coefficient (Wildman–Crippen LogP) is 5.61. The Balaban J connectivity index is 1.27. The lowest BCUT2D eigenvalue weighted by atomic mass is 9.83. The van der Waals surface area contributed by atoms with E-state index in [0.29, 0.717) is 20.8 Å². The van der Waals surface area contributed by atoms with Crippen molar-refractivity contribution in [2.45, 2.75) is 25.5 Å². The van der Waals surface area contributed by atoms with Crippen molar-refractivity contribution >= 4 is 29.1 Å². The Labute approximate surface area is 268 Å². The Morgan fingerprint density at radius 3 is 2.57 bits per heavy atom. The number of aromatic nitrogens is 1. The summed E-state index contributed by atoms with van der Waals surface area (Å²) >= 11 is 1.37. The van der Waals surface area contributed by atoms with Crippen molar-refractivity contribution in [1.82, 2.24) is 4.57 Å². The standard InChI is InChI=1S/C37H30N2O6S/c1-43-27-14-11-25(12-15-27)34-29-16-13-24-7-3-4-9-28(24)33(29)38-37-39(34)35(40)32(46-37)20-22-10-17-30(31(19-22)44-2)45-21-23-6-5-8-26(18-23)36(41)42/h3-12,14-15,17-20,34H,13,16,21H2,1-2H3,(H,41,42)/b32-20-/t34-/m0/s1. The van der Waals surface area contributed by atoms with Gasteiger partial charge in [0.05, 0.1) is 36.1 Å². The van der Waals surface area contributed by atoms with Crippen molar-refractivity contribution in [3.8, 4) is 17.2 Å². The van der Waals surface area contributed by atoms with Gasteiger partial charge in [-0.25, -0.2) is 9.79 Å². The van der Waals surface area contributed by atoms with Crippen LogP contribution < -0.4 is 29.1 Å². The molecule has 1 atom stereocenters. The van der Waals surface area contributed by atoms with E-state index in [9.17, 15) is 14.7 Å². The lowest BCUT2D eigenvalue weighted by Crippen LogP contribution is -2.38. The second-order valence-electron chi connectivity index (χ2n) is 11.1. The minimum absolute atomic E-state index is 0.104. The molecule has 1 N–H and O–H groups in total. The number of nitrogens with zero attached hydrogens (tertiary/aromatic N) is 2. The smallest absolute Gasteiger partial charge is 0.335 e. The van der Waals surface area contributed by atoms with Gasteiger partial charge in [0, 0.05) is 5.56 Å². The van der Waals surface area contributed by atoms with Gasteiger partial charge in [0.25, 0.3) is 5.56 Å². The van der Waals surface area contributed by atoms with Gasteiger partial charge < -0.3 is 19.3 Å². The van der Waals surface area contributed by atoms with Gasteiger partial charge in [-0.1, -0.05) is 65.9 Å². The van der Waals surface area contributed by atoms with Crippen LogP contribution in [0.2, 0.25) is 0 Å². The number of thiazole rings is 1. The summed E-state index contributed by atoms with van der Waals surface area (Å²) < 4.78 is 19.4. The van der Waals surface area contributed by atoms with Crippen LogP contribution in [0.5, 0.6) is 17.2 Å². The van der Waals surface area contributed by atoms with Gasteiger partial charge in [0.15, 0.2) is 16.3 Å². The first-order chi connectivity index (χ1) is 22.4. The van der Waals surface area contributed by atoms with Crippen LogP contribution >= 0.6 is 11.3 Å². The molecule has 0 bridgehead atoms. The molecule has 0 saturated carbocycles. The Morgan fingerprint density at radius 2 is 1.78 bits per heavy atom. The largest absolute Gasteiger partial charge is 0.497 e. The third-order valence-corrected chi connectivity index (χ3v) is 9.34. The molecule has 7 rings (SSSR count). The van der Waals surface area contributed by atoms with Gasteiger partial charge in [-0.3, -0.25) is 9.36 Å². The van der Waals surface area contributed by atoms with Crippen molar-refractivity contribution in [2.24, 2.45) is 4.99 Å². The molecule has 8 nitrogen and oxygen atoms in total. The van der Waals surface area contributed by atoms with Gasteiger partial charge in [0.1, 0.15) is 12.4 Å². The van der Waals surface area contributed by atoms with Gasteiger partial charge >= 0.3 is 5.97 Å². The first-order valence-electron chi connectivity index (χ1n) is 14.8. The summed E-state index contributed by atoms with van der Waals surface area (Å²) in [6.45, 7) is 0.175. The minimum atomic E-state index is -0.991. The molecule has 230 valence electrons. The van der Waals surface area contributed by atoms with Crippen molar-refractivity contribution in [1.29, 1.82) is 0 Å². The molecule has 9 heteroatoms. The number of hydrogen-bond acceptors (Lipinski definition) is 7. The first-order valence-corrected chi connectivity index (χ1v) is 15.7. The number of carboxylic acids is 1. The highest BCUT2D eigenvalue weighted by Crippen LogP contribution is 2.41. The fourth-order valence-electron chi connectivity index (χ4n) is 6.11. The molecule has 5 aromatic rings. The number of rotatable bonds is 8.